The summed E-state index contributed by atoms with van der Waals surface area (Å²) < 4.78 is 0. The third-order valence-electron chi connectivity index (χ3n) is 9.68. The third-order valence-corrected chi connectivity index (χ3v) is 9.68. The summed E-state index contributed by atoms with van der Waals surface area (Å²) in [5, 5.41) is 28.4. The molecule has 4 aromatic carbocycles. The lowest BCUT2D eigenvalue weighted by atomic mass is 9.87. The van der Waals surface area contributed by atoms with Crippen LogP contribution < -0.4 is 5.73 Å². The first-order chi connectivity index (χ1) is 20.6. The maximum atomic E-state index is 14.0. The number of nitrogens with zero attached hydrogens (tertiary/aromatic N) is 1. The Kier molecular flexibility index (Phi) is 8.91. The smallest absolute Gasteiger partial charge is 0.238 e. The van der Waals surface area contributed by atoms with Crippen molar-refractivity contribution in [3.05, 3.63) is 96.1 Å². The Morgan fingerprint density at radius 2 is 1.14 bits per heavy atom. The van der Waals surface area contributed by atoms with Crippen molar-refractivity contribution >= 4 is 33.4 Å². The second-order valence-electron chi connectivity index (χ2n) is 12.5. The van der Waals surface area contributed by atoms with Crippen molar-refractivity contribution in [1.82, 2.24) is 4.90 Å². The molecule has 5 rings (SSSR count). The number of rotatable bonds is 14. The van der Waals surface area contributed by atoms with Crippen molar-refractivity contribution < 1.29 is 19.8 Å². The number of carbonyl (C=O) groups excluding carboxylic acids is 2. The van der Waals surface area contributed by atoms with Crippen LogP contribution in [0.4, 0.5) is 0 Å². The zero-order chi connectivity index (χ0) is 30.7. The molecule has 0 saturated heterocycles. The molecule has 43 heavy (non-hydrogen) atoms. The number of aliphatic hydroxyl groups is 2. The summed E-state index contributed by atoms with van der Waals surface area (Å²) in [7, 11) is 0. The number of aryl methyl sites for hydroxylation is 2. The van der Waals surface area contributed by atoms with E-state index in [2.05, 4.69) is 48.5 Å². The molecule has 226 valence electrons. The van der Waals surface area contributed by atoms with Crippen LogP contribution in [0, 0.1) is 5.41 Å². The largest absolute Gasteiger partial charge is 0.388 e. The van der Waals surface area contributed by atoms with E-state index in [0.717, 1.165) is 32.7 Å². The highest BCUT2D eigenvalue weighted by Gasteiger charge is 2.58. The quantitative estimate of drug-likeness (QED) is 0.161. The van der Waals surface area contributed by atoms with Crippen LogP contribution in [0.5, 0.6) is 0 Å². The van der Waals surface area contributed by atoms with Crippen molar-refractivity contribution in [2.75, 3.05) is 13.1 Å². The maximum Gasteiger partial charge on any atom is 0.238 e. The van der Waals surface area contributed by atoms with Gasteiger partial charge in [0.05, 0.1) is 11.2 Å². The van der Waals surface area contributed by atoms with Gasteiger partial charge < -0.3 is 20.8 Å². The predicted octanol–water partition coefficient (Wildman–Crippen LogP) is 5.93. The second-order valence-corrected chi connectivity index (χ2v) is 12.5. The van der Waals surface area contributed by atoms with Gasteiger partial charge in [-0.2, -0.15) is 0 Å². The van der Waals surface area contributed by atoms with Crippen molar-refractivity contribution in [2.45, 2.75) is 76.4 Å². The molecule has 0 aromatic heterocycles. The molecule has 4 N–H and O–H groups in total. The highest BCUT2D eigenvalue weighted by molar-refractivity contribution is 6.07. The molecule has 6 heteroatoms. The molecule has 1 aliphatic rings. The number of amides is 2. The average Bonchev–Trinajstić information content (AvgIpc) is 3.85. The molecule has 0 spiro atoms. The van der Waals surface area contributed by atoms with E-state index in [1.165, 1.54) is 4.90 Å². The van der Waals surface area contributed by atoms with E-state index in [1.54, 1.807) is 0 Å². The summed E-state index contributed by atoms with van der Waals surface area (Å²) in [5.74, 6) is -1.01. The average molecular weight is 581 g/mol. The zero-order valence-electron chi connectivity index (χ0n) is 25.4. The normalized spacial score (nSPS) is 16.8. The number of benzene rings is 4. The van der Waals surface area contributed by atoms with Crippen molar-refractivity contribution in [3.8, 4) is 0 Å². The highest BCUT2D eigenvalue weighted by atomic mass is 16.3. The van der Waals surface area contributed by atoms with E-state index in [4.69, 9.17) is 5.73 Å². The van der Waals surface area contributed by atoms with Gasteiger partial charge in [0.2, 0.25) is 11.8 Å². The molecule has 0 radical (unpaired) electrons. The molecule has 0 heterocycles. The summed E-state index contributed by atoms with van der Waals surface area (Å²) in [5.41, 5.74) is 4.35. The van der Waals surface area contributed by atoms with Crippen molar-refractivity contribution in [1.29, 1.82) is 0 Å². The molecule has 0 aliphatic heterocycles. The Morgan fingerprint density at radius 3 is 1.53 bits per heavy atom. The molecule has 2 amide bonds. The van der Waals surface area contributed by atoms with Crippen LogP contribution >= 0.6 is 0 Å². The summed E-state index contributed by atoms with van der Waals surface area (Å²) in [6.07, 6.45) is 3.79. The van der Waals surface area contributed by atoms with Gasteiger partial charge in [-0.15, -0.1) is 0 Å². The summed E-state index contributed by atoms with van der Waals surface area (Å²) in [6.45, 7) is 3.88. The molecular weight excluding hydrogens is 536 g/mol. The van der Waals surface area contributed by atoms with Crippen LogP contribution in [-0.4, -0.2) is 51.2 Å². The van der Waals surface area contributed by atoms with Gasteiger partial charge in [0, 0.05) is 13.1 Å². The van der Waals surface area contributed by atoms with E-state index >= 15 is 0 Å². The van der Waals surface area contributed by atoms with Gasteiger partial charge in [0.25, 0.3) is 0 Å². The van der Waals surface area contributed by atoms with Gasteiger partial charge in [0.15, 0.2) is 0 Å². The van der Waals surface area contributed by atoms with Gasteiger partial charge in [-0.05, 0) is 84.0 Å². The molecule has 1 fully saturated rings. The van der Waals surface area contributed by atoms with Crippen LogP contribution in [0.1, 0.15) is 63.5 Å². The Labute approximate surface area is 254 Å². The van der Waals surface area contributed by atoms with Crippen molar-refractivity contribution in [3.63, 3.8) is 0 Å². The first-order valence-corrected chi connectivity index (χ1v) is 15.6. The fourth-order valence-corrected chi connectivity index (χ4v) is 6.39. The van der Waals surface area contributed by atoms with Gasteiger partial charge in [-0.25, -0.2) is 0 Å². The van der Waals surface area contributed by atoms with E-state index in [9.17, 15) is 19.8 Å². The van der Waals surface area contributed by atoms with Gasteiger partial charge >= 0.3 is 0 Å². The van der Waals surface area contributed by atoms with E-state index in [-0.39, 0.29) is 19.0 Å². The van der Waals surface area contributed by atoms with E-state index < -0.39 is 22.5 Å². The Balaban J connectivity index is 1.37. The lowest BCUT2D eigenvalue weighted by molar-refractivity contribution is -0.150. The molecule has 4 aromatic rings. The maximum absolute atomic E-state index is 14.0. The van der Waals surface area contributed by atoms with Crippen molar-refractivity contribution in [2.24, 2.45) is 11.1 Å². The fraction of sp³-hybridized carbons (Fsp3) is 0.405. The first kappa shape index (κ1) is 30.7. The van der Waals surface area contributed by atoms with Crippen LogP contribution in [0.3, 0.4) is 0 Å². The molecule has 2 unspecified atom stereocenters. The van der Waals surface area contributed by atoms with E-state index in [1.807, 2.05) is 50.2 Å². The monoisotopic (exact) mass is 580 g/mol. The van der Waals surface area contributed by atoms with Crippen LogP contribution in [0.2, 0.25) is 0 Å². The van der Waals surface area contributed by atoms with Gasteiger partial charge in [-0.1, -0.05) is 98.8 Å². The summed E-state index contributed by atoms with van der Waals surface area (Å²) in [6, 6.07) is 28.8. The predicted molar refractivity (Wildman–Crippen MR) is 172 cm³/mol. The Morgan fingerprint density at radius 1 is 0.721 bits per heavy atom. The minimum atomic E-state index is -1.24. The van der Waals surface area contributed by atoms with Crippen LogP contribution in [-0.2, 0) is 22.4 Å². The summed E-state index contributed by atoms with van der Waals surface area (Å²) >= 11 is 0. The lowest BCUT2D eigenvalue weighted by Gasteiger charge is -2.40. The van der Waals surface area contributed by atoms with Gasteiger partial charge in [0.1, 0.15) is 5.41 Å². The lowest BCUT2D eigenvalue weighted by Crippen LogP contribution is -2.55. The standard InChI is InChI=1S/C37H44N2O4/c1-3-35(42,21-19-29-15-9-13-27-11-5-7-17-31(27)29)25-39(34(41)37(23-24-37)33(38)40)26-36(43,4-2)22-20-30-16-10-14-28-12-6-8-18-32(28)30/h5-18,42-43H,3-4,19-26H2,1-2H3,(H2,38,40). The minimum absolute atomic E-state index is 0.0265. The minimum Gasteiger partial charge on any atom is -0.388 e. The SMILES string of the molecule is CCC(O)(CCc1cccc2ccccc12)CN(CC(O)(CC)CCc1cccc2ccccc12)C(=O)C1(C(N)=O)CC1. The van der Waals surface area contributed by atoms with Gasteiger partial charge in [-0.3, -0.25) is 9.59 Å². The molecule has 2 atom stereocenters. The Hall–Kier alpha value is -3.74. The molecule has 6 nitrogen and oxygen atoms in total. The molecule has 1 aliphatic carbocycles. The third kappa shape index (κ3) is 6.61. The number of nitrogens with two attached hydrogens (primary N) is 1. The number of fused-ring (bicyclic) bond motifs is 2. The van der Waals surface area contributed by atoms with Crippen LogP contribution in [0.15, 0.2) is 84.9 Å². The number of primary amides is 1. The highest BCUT2D eigenvalue weighted by Crippen LogP contribution is 2.47. The number of hydrogen-bond donors (Lipinski definition) is 3. The summed E-state index contributed by atoms with van der Waals surface area (Å²) in [4.78, 5) is 27.9. The fourth-order valence-electron chi connectivity index (χ4n) is 6.39. The second kappa shape index (κ2) is 12.5. The molecule has 1 saturated carbocycles. The van der Waals surface area contributed by atoms with E-state index in [0.29, 0.717) is 51.4 Å². The number of carbonyl (C=O) groups is 2. The van der Waals surface area contributed by atoms with Crippen LogP contribution in [0.25, 0.3) is 21.5 Å². The zero-order valence-corrected chi connectivity index (χ0v) is 25.4. The number of hydrogen-bond acceptors (Lipinski definition) is 4. The Bertz CT molecular complexity index is 1500. The molecule has 0 bridgehead atoms. The first-order valence-electron chi connectivity index (χ1n) is 15.6. The topological polar surface area (TPSA) is 104 Å². The molecular formula is C37H44N2O4.